The topological polar surface area (TPSA) is 112 Å². The summed E-state index contributed by atoms with van der Waals surface area (Å²) in [6.07, 6.45) is 2.86. The largest absolute Gasteiger partial charge is 0.382 e. The average molecular weight is 497 g/mol. The van der Waals surface area contributed by atoms with E-state index in [0.717, 1.165) is 42.7 Å². The first kappa shape index (κ1) is 22.6. The maximum atomic E-state index is 14.8. The van der Waals surface area contributed by atoms with Crippen molar-refractivity contribution in [2.75, 3.05) is 30.7 Å². The Morgan fingerprint density at radius 1 is 1.23 bits per heavy atom. The molecule has 1 atom stereocenters. The van der Waals surface area contributed by atoms with Gasteiger partial charge in [0.25, 0.3) is 5.56 Å². The number of thioether (sulfide) groups is 1. The highest BCUT2D eigenvalue weighted by Gasteiger charge is 2.43. The minimum atomic E-state index is -1.48. The fourth-order valence-electron chi connectivity index (χ4n) is 5.32. The van der Waals surface area contributed by atoms with E-state index < -0.39 is 11.4 Å². The van der Waals surface area contributed by atoms with Crippen LogP contribution in [0.3, 0.4) is 0 Å². The van der Waals surface area contributed by atoms with Crippen molar-refractivity contribution in [3.63, 3.8) is 0 Å². The van der Waals surface area contributed by atoms with Gasteiger partial charge in [-0.25, -0.2) is 9.37 Å². The maximum absolute atomic E-state index is 14.8. The molecule has 0 spiro atoms. The summed E-state index contributed by atoms with van der Waals surface area (Å²) in [6, 6.07) is 7.24. The molecule has 1 unspecified atom stereocenters. The monoisotopic (exact) mass is 496 g/mol. The first-order valence-electron chi connectivity index (χ1n) is 11.7. The molecule has 11 heteroatoms. The molecule has 6 rings (SSSR count). The average Bonchev–Trinajstić information content (AvgIpc) is 3.17. The molecule has 3 aliphatic rings. The Morgan fingerprint density at radius 2 is 2.06 bits per heavy atom. The van der Waals surface area contributed by atoms with Crippen LogP contribution in [0, 0.1) is 5.82 Å². The number of nitrogens with zero attached hydrogens (tertiary/aromatic N) is 4. The Labute approximate surface area is 204 Å². The van der Waals surface area contributed by atoms with Crippen LogP contribution in [0.2, 0.25) is 0 Å². The normalized spacial score (nSPS) is 22.4. The van der Waals surface area contributed by atoms with Gasteiger partial charge in [0.1, 0.15) is 17.2 Å². The Bertz CT molecular complexity index is 1390. The molecule has 0 radical (unpaired) electrons. The maximum Gasteiger partial charge on any atom is 0.251 e. The van der Waals surface area contributed by atoms with E-state index in [2.05, 4.69) is 25.5 Å². The molecule has 3 aromatic heterocycles. The van der Waals surface area contributed by atoms with Crippen LogP contribution < -0.4 is 16.2 Å². The second kappa shape index (κ2) is 8.66. The Hall–Kier alpha value is -2.86. The van der Waals surface area contributed by atoms with Crippen LogP contribution in [0.5, 0.6) is 0 Å². The van der Waals surface area contributed by atoms with Crippen molar-refractivity contribution >= 4 is 34.5 Å². The number of β-amino-alcohol motifs (C(OH)–C–C–N with tert-alkyl or cyclic N) is 1. The van der Waals surface area contributed by atoms with Crippen LogP contribution in [0.1, 0.15) is 24.1 Å². The number of carbonyl (C=O) groups excluding carboxylic acids is 1. The lowest BCUT2D eigenvalue weighted by Crippen LogP contribution is -2.48. The van der Waals surface area contributed by atoms with E-state index >= 15 is 0 Å². The molecule has 3 N–H and O–H groups in total. The van der Waals surface area contributed by atoms with Gasteiger partial charge in [-0.15, -0.1) is 11.8 Å². The lowest BCUT2D eigenvalue weighted by atomic mass is 9.93. The first-order chi connectivity index (χ1) is 16.9. The number of hydrogen-bond donors (Lipinski definition) is 3. The molecular weight excluding hydrogens is 471 g/mol. The van der Waals surface area contributed by atoms with E-state index in [0.29, 0.717) is 29.1 Å². The molecule has 3 aliphatic heterocycles. The van der Waals surface area contributed by atoms with Crippen LogP contribution in [0.15, 0.2) is 40.2 Å². The lowest BCUT2D eigenvalue weighted by molar-refractivity contribution is -0.113. The summed E-state index contributed by atoms with van der Waals surface area (Å²) in [5.41, 5.74) is 0.199. The van der Waals surface area contributed by atoms with Gasteiger partial charge in [0.2, 0.25) is 5.91 Å². The van der Waals surface area contributed by atoms with Crippen LogP contribution in [-0.4, -0.2) is 61.9 Å². The van der Waals surface area contributed by atoms with Crippen molar-refractivity contribution in [2.24, 2.45) is 0 Å². The number of hydrogen-bond acceptors (Lipinski definition) is 8. The third kappa shape index (κ3) is 4.12. The molecule has 0 bridgehead atoms. The number of fused-ring (bicyclic) bond motifs is 1. The predicted octanol–water partition coefficient (Wildman–Crippen LogP) is 1.43. The van der Waals surface area contributed by atoms with Crippen molar-refractivity contribution in [1.82, 2.24) is 24.8 Å². The molecule has 0 saturated carbocycles. The van der Waals surface area contributed by atoms with Crippen molar-refractivity contribution in [1.29, 1.82) is 0 Å². The molecule has 1 saturated heterocycles. The minimum Gasteiger partial charge on any atom is -0.382 e. The number of pyridine rings is 3. The van der Waals surface area contributed by atoms with Gasteiger partial charge in [0.05, 0.1) is 45.7 Å². The van der Waals surface area contributed by atoms with E-state index in [-0.39, 0.29) is 36.2 Å². The zero-order valence-electron chi connectivity index (χ0n) is 19.0. The number of nitrogens with one attached hydrogen (secondary N) is 2. The van der Waals surface area contributed by atoms with Gasteiger partial charge in [-0.2, -0.15) is 0 Å². The molecule has 182 valence electrons. The molecule has 6 heterocycles. The van der Waals surface area contributed by atoms with Crippen molar-refractivity contribution in [3.8, 4) is 0 Å². The Morgan fingerprint density at radius 3 is 2.89 bits per heavy atom. The Kier molecular flexibility index (Phi) is 5.59. The summed E-state index contributed by atoms with van der Waals surface area (Å²) >= 11 is 1.49. The number of halogens is 1. The van der Waals surface area contributed by atoms with E-state index in [9.17, 15) is 19.1 Å². The molecule has 1 amide bonds. The molecule has 35 heavy (non-hydrogen) atoms. The van der Waals surface area contributed by atoms with Crippen LogP contribution >= 0.6 is 11.8 Å². The van der Waals surface area contributed by atoms with Gasteiger partial charge in [-0.3, -0.25) is 19.5 Å². The van der Waals surface area contributed by atoms with E-state index in [4.69, 9.17) is 0 Å². The molecular formula is C24H25FN6O3S. The smallest absolute Gasteiger partial charge is 0.251 e. The number of piperidine rings is 1. The summed E-state index contributed by atoms with van der Waals surface area (Å²) < 4.78 is 16.2. The molecule has 0 aromatic carbocycles. The summed E-state index contributed by atoms with van der Waals surface area (Å²) in [6.45, 7) is 2.36. The van der Waals surface area contributed by atoms with Gasteiger partial charge in [-0.1, -0.05) is 0 Å². The number of likely N-dealkylation sites (tertiary alicyclic amines) is 1. The SMILES string of the molecule is O=C1CSc2ccc(CNC3CCN(CC4(O)Cn5c(=O)ccc6ncc(F)c4c65)CC3)nc2N1. The summed E-state index contributed by atoms with van der Waals surface area (Å²) in [7, 11) is 0. The van der Waals surface area contributed by atoms with Crippen molar-refractivity contribution in [3.05, 3.63) is 57.9 Å². The molecule has 9 nitrogen and oxygen atoms in total. The zero-order chi connectivity index (χ0) is 24.2. The number of anilines is 1. The molecule has 1 fully saturated rings. The fourth-order valence-corrected chi connectivity index (χ4v) is 6.08. The highest BCUT2D eigenvalue weighted by Crippen LogP contribution is 2.38. The van der Waals surface area contributed by atoms with Crippen LogP contribution in [0.4, 0.5) is 10.2 Å². The summed E-state index contributed by atoms with van der Waals surface area (Å²) in [4.78, 5) is 35.8. The minimum absolute atomic E-state index is 0.0259. The van der Waals surface area contributed by atoms with Crippen molar-refractivity contribution in [2.45, 2.75) is 42.5 Å². The Balaban J connectivity index is 1.09. The van der Waals surface area contributed by atoms with Crippen molar-refractivity contribution < 1.29 is 14.3 Å². The number of amides is 1. The first-order valence-corrected chi connectivity index (χ1v) is 12.7. The lowest BCUT2D eigenvalue weighted by Gasteiger charge is -2.37. The van der Waals surface area contributed by atoms with Gasteiger partial charge in [-0.05, 0) is 44.1 Å². The van der Waals surface area contributed by atoms with E-state index in [1.807, 2.05) is 12.1 Å². The third-order valence-corrected chi connectivity index (χ3v) is 8.06. The highest BCUT2D eigenvalue weighted by atomic mass is 32.2. The second-order valence-electron chi connectivity index (χ2n) is 9.42. The molecule has 3 aromatic rings. The fraction of sp³-hybridized carbons (Fsp3) is 0.417. The number of rotatable bonds is 5. The quantitative estimate of drug-likeness (QED) is 0.487. The van der Waals surface area contributed by atoms with Gasteiger partial charge in [0, 0.05) is 25.2 Å². The van der Waals surface area contributed by atoms with E-state index in [1.54, 1.807) is 6.07 Å². The second-order valence-corrected chi connectivity index (χ2v) is 10.4. The number of carbonyl (C=O) groups is 1. The van der Waals surface area contributed by atoms with Gasteiger partial charge >= 0.3 is 0 Å². The van der Waals surface area contributed by atoms with Gasteiger partial charge < -0.3 is 20.3 Å². The van der Waals surface area contributed by atoms with Crippen LogP contribution in [-0.2, 0) is 23.5 Å². The number of aliphatic hydroxyl groups is 1. The number of aromatic nitrogens is 3. The summed E-state index contributed by atoms with van der Waals surface area (Å²) in [5.74, 6) is 0.432. The highest BCUT2D eigenvalue weighted by molar-refractivity contribution is 8.00. The zero-order valence-corrected chi connectivity index (χ0v) is 19.8. The summed E-state index contributed by atoms with van der Waals surface area (Å²) in [5, 5.41) is 17.9. The standard InChI is InChI=1S/C24H25FN6O3S/c25-16-10-27-17-2-4-20(33)31-13-24(34,21(16)22(17)31)12-30-7-5-14(6-8-30)26-9-15-1-3-18-23(28-15)29-19(32)11-35-18/h1-4,10,14,26,34H,5-9,11-13H2,(H,28,29,32). The molecule has 0 aliphatic carbocycles. The van der Waals surface area contributed by atoms with Crippen LogP contribution in [0.25, 0.3) is 11.0 Å². The van der Waals surface area contributed by atoms with E-state index in [1.165, 1.54) is 22.4 Å². The third-order valence-electron chi connectivity index (χ3n) is 7.02. The predicted molar refractivity (Wildman–Crippen MR) is 130 cm³/mol. The van der Waals surface area contributed by atoms with Gasteiger partial charge in [0.15, 0.2) is 0 Å².